The lowest BCUT2D eigenvalue weighted by molar-refractivity contribution is 0.00523. The summed E-state index contributed by atoms with van der Waals surface area (Å²) in [6, 6.07) is 13.0. The zero-order valence-corrected chi connectivity index (χ0v) is 13.5. The molecule has 1 heterocycles. The van der Waals surface area contributed by atoms with Gasteiger partial charge in [0.15, 0.2) is 0 Å². The number of hydrogen-bond donors (Lipinski definition) is 1. The molecule has 0 spiro atoms. The van der Waals surface area contributed by atoms with E-state index in [4.69, 9.17) is 4.74 Å². The Morgan fingerprint density at radius 1 is 1.05 bits per heavy atom. The maximum atomic E-state index is 10.2. The van der Waals surface area contributed by atoms with E-state index in [2.05, 4.69) is 55.1 Å². The lowest BCUT2D eigenvalue weighted by Crippen LogP contribution is -2.36. The molecule has 22 heavy (non-hydrogen) atoms. The maximum Gasteiger partial charge on any atom is 0.0900 e. The minimum Gasteiger partial charge on any atom is -0.389 e. The van der Waals surface area contributed by atoms with Crippen LogP contribution in [0.1, 0.15) is 25.0 Å². The van der Waals surface area contributed by atoms with Crippen molar-refractivity contribution < 1.29 is 9.84 Å². The number of ether oxygens (including phenoxy) is 1. The van der Waals surface area contributed by atoms with Crippen molar-refractivity contribution in [2.24, 2.45) is 5.92 Å². The SMILES string of the molecule is CC(C)COCC(O)CN1Cc2cccc3cccc(c23)C1. The van der Waals surface area contributed by atoms with Gasteiger partial charge in [-0.25, -0.2) is 0 Å². The van der Waals surface area contributed by atoms with Crippen molar-refractivity contribution in [3.05, 3.63) is 47.5 Å². The zero-order chi connectivity index (χ0) is 15.5. The van der Waals surface area contributed by atoms with Crippen LogP contribution in [0.4, 0.5) is 0 Å². The lowest BCUT2D eigenvalue weighted by Gasteiger charge is -2.30. The molecule has 3 nitrogen and oxygen atoms in total. The summed E-state index contributed by atoms with van der Waals surface area (Å²) in [5.74, 6) is 0.506. The van der Waals surface area contributed by atoms with Gasteiger partial charge in [0.2, 0.25) is 0 Å². The first-order valence-electron chi connectivity index (χ1n) is 8.11. The van der Waals surface area contributed by atoms with Crippen LogP contribution >= 0.6 is 0 Å². The first-order chi connectivity index (χ1) is 10.6. The van der Waals surface area contributed by atoms with Gasteiger partial charge in [0.25, 0.3) is 0 Å². The predicted molar refractivity (Wildman–Crippen MR) is 89.7 cm³/mol. The Labute approximate surface area is 132 Å². The fourth-order valence-electron chi connectivity index (χ4n) is 3.22. The molecule has 0 fully saturated rings. The minimum atomic E-state index is -0.428. The molecule has 0 amide bonds. The van der Waals surface area contributed by atoms with Crippen molar-refractivity contribution in [2.45, 2.75) is 33.0 Å². The molecular formula is C19H25NO2. The summed E-state index contributed by atoms with van der Waals surface area (Å²) in [4.78, 5) is 2.31. The molecule has 1 aliphatic heterocycles. The van der Waals surface area contributed by atoms with Gasteiger partial charge in [0, 0.05) is 26.2 Å². The fraction of sp³-hybridized carbons (Fsp3) is 0.474. The first-order valence-corrected chi connectivity index (χ1v) is 8.11. The number of hydrogen-bond acceptors (Lipinski definition) is 3. The number of rotatable bonds is 6. The quantitative estimate of drug-likeness (QED) is 0.889. The summed E-state index contributed by atoms with van der Waals surface area (Å²) < 4.78 is 5.55. The Balaban J connectivity index is 1.64. The molecule has 1 aliphatic rings. The molecule has 1 N–H and O–H groups in total. The van der Waals surface area contributed by atoms with Gasteiger partial charge in [-0.2, -0.15) is 0 Å². The second kappa shape index (κ2) is 6.78. The first kappa shape index (κ1) is 15.5. The van der Waals surface area contributed by atoms with Gasteiger partial charge in [-0.3, -0.25) is 4.90 Å². The Morgan fingerprint density at radius 3 is 2.27 bits per heavy atom. The molecule has 3 heteroatoms. The Morgan fingerprint density at radius 2 is 1.68 bits per heavy atom. The second-order valence-corrected chi connectivity index (χ2v) is 6.69. The predicted octanol–water partition coefficient (Wildman–Crippen LogP) is 3.19. The average Bonchev–Trinajstić information content (AvgIpc) is 2.47. The van der Waals surface area contributed by atoms with Gasteiger partial charge in [-0.15, -0.1) is 0 Å². The van der Waals surface area contributed by atoms with Crippen LogP contribution in [0.5, 0.6) is 0 Å². The van der Waals surface area contributed by atoms with Crippen LogP contribution in [0.3, 0.4) is 0 Å². The van der Waals surface area contributed by atoms with E-state index in [1.165, 1.54) is 21.9 Å². The monoisotopic (exact) mass is 299 g/mol. The molecule has 1 atom stereocenters. The largest absolute Gasteiger partial charge is 0.389 e. The van der Waals surface area contributed by atoms with E-state index in [0.717, 1.165) is 13.1 Å². The normalized spacial score (nSPS) is 16.4. The van der Waals surface area contributed by atoms with Crippen LogP contribution < -0.4 is 0 Å². The molecule has 1 unspecified atom stereocenters. The van der Waals surface area contributed by atoms with Crippen molar-refractivity contribution in [2.75, 3.05) is 19.8 Å². The van der Waals surface area contributed by atoms with Gasteiger partial charge < -0.3 is 9.84 Å². The van der Waals surface area contributed by atoms with E-state index in [1.54, 1.807) is 0 Å². The third-order valence-electron chi connectivity index (χ3n) is 4.10. The Kier molecular flexibility index (Phi) is 4.77. The lowest BCUT2D eigenvalue weighted by atomic mass is 9.95. The van der Waals surface area contributed by atoms with Crippen LogP contribution in [0.2, 0.25) is 0 Å². The topological polar surface area (TPSA) is 32.7 Å². The van der Waals surface area contributed by atoms with E-state index in [-0.39, 0.29) is 0 Å². The van der Waals surface area contributed by atoms with Gasteiger partial charge in [-0.1, -0.05) is 50.2 Å². The van der Waals surface area contributed by atoms with E-state index >= 15 is 0 Å². The van der Waals surface area contributed by atoms with Gasteiger partial charge in [0.1, 0.15) is 0 Å². The summed E-state index contributed by atoms with van der Waals surface area (Å²) in [5.41, 5.74) is 2.71. The molecule has 0 aliphatic carbocycles. The highest BCUT2D eigenvalue weighted by molar-refractivity contribution is 5.89. The van der Waals surface area contributed by atoms with E-state index in [1.807, 2.05) is 0 Å². The number of β-amino-alcohol motifs (C(OH)–C–C–N with tert-alkyl or cyclic N) is 1. The van der Waals surface area contributed by atoms with Crippen molar-refractivity contribution in [1.29, 1.82) is 0 Å². The maximum absolute atomic E-state index is 10.2. The third-order valence-corrected chi connectivity index (χ3v) is 4.10. The molecule has 0 bridgehead atoms. The zero-order valence-electron chi connectivity index (χ0n) is 13.5. The van der Waals surface area contributed by atoms with Crippen LogP contribution in [0.25, 0.3) is 10.8 Å². The smallest absolute Gasteiger partial charge is 0.0900 e. The van der Waals surface area contributed by atoms with Gasteiger partial charge in [-0.05, 0) is 27.8 Å². The van der Waals surface area contributed by atoms with Crippen molar-refractivity contribution in [1.82, 2.24) is 4.90 Å². The van der Waals surface area contributed by atoms with Gasteiger partial charge >= 0.3 is 0 Å². The van der Waals surface area contributed by atoms with E-state index in [0.29, 0.717) is 25.7 Å². The summed E-state index contributed by atoms with van der Waals surface area (Å²) in [7, 11) is 0. The number of aliphatic hydroxyl groups is 1. The summed E-state index contributed by atoms with van der Waals surface area (Å²) in [5, 5.41) is 12.9. The summed E-state index contributed by atoms with van der Waals surface area (Å²) >= 11 is 0. The summed E-state index contributed by atoms with van der Waals surface area (Å²) in [6.45, 7) is 7.82. The second-order valence-electron chi connectivity index (χ2n) is 6.69. The molecule has 0 saturated carbocycles. The average molecular weight is 299 g/mol. The van der Waals surface area contributed by atoms with Crippen molar-refractivity contribution in [3.63, 3.8) is 0 Å². The van der Waals surface area contributed by atoms with Gasteiger partial charge in [0.05, 0.1) is 12.7 Å². The van der Waals surface area contributed by atoms with Crippen LogP contribution in [0.15, 0.2) is 36.4 Å². The third kappa shape index (κ3) is 3.49. The Bertz CT molecular complexity index is 598. The Hall–Kier alpha value is -1.42. The summed E-state index contributed by atoms with van der Waals surface area (Å²) in [6.07, 6.45) is -0.428. The highest BCUT2D eigenvalue weighted by atomic mass is 16.5. The molecule has 3 rings (SSSR count). The molecular weight excluding hydrogens is 274 g/mol. The van der Waals surface area contributed by atoms with Crippen molar-refractivity contribution in [3.8, 4) is 0 Å². The van der Waals surface area contributed by atoms with Crippen LogP contribution in [0, 0.1) is 5.92 Å². The molecule has 2 aromatic rings. The number of aliphatic hydroxyl groups excluding tert-OH is 1. The van der Waals surface area contributed by atoms with E-state index in [9.17, 15) is 5.11 Å². The molecule has 2 aromatic carbocycles. The standard InChI is InChI=1S/C19H25NO2/c1-14(2)12-22-13-18(21)11-20-9-16-7-3-5-15-6-4-8-17(10-20)19(15)16/h3-8,14,18,21H,9-13H2,1-2H3. The van der Waals surface area contributed by atoms with Crippen LogP contribution in [-0.4, -0.2) is 35.9 Å². The minimum absolute atomic E-state index is 0.417. The number of benzene rings is 2. The van der Waals surface area contributed by atoms with E-state index < -0.39 is 6.10 Å². The highest BCUT2D eigenvalue weighted by Crippen LogP contribution is 2.29. The van der Waals surface area contributed by atoms with Crippen LogP contribution in [-0.2, 0) is 17.8 Å². The molecule has 118 valence electrons. The molecule has 0 aromatic heterocycles. The number of nitrogens with zero attached hydrogens (tertiary/aromatic N) is 1. The highest BCUT2D eigenvalue weighted by Gasteiger charge is 2.20. The fourth-order valence-corrected chi connectivity index (χ4v) is 3.22. The molecule has 0 radical (unpaired) electrons. The van der Waals surface area contributed by atoms with Crippen molar-refractivity contribution >= 4 is 10.8 Å². The molecule has 0 saturated heterocycles.